The zero-order valence-corrected chi connectivity index (χ0v) is 7.96. The predicted octanol–water partition coefficient (Wildman–Crippen LogP) is 2.32. The standard InChI is InChI=1S/C11H10FNO2/c12-9-5-8-3-4-13-10(8)6-7(9)1-2-11(14)15/h3-6,13H,1-2H2,(H,14,15). The Hall–Kier alpha value is -1.84. The van der Waals surface area contributed by atoms with E-state index >= 15 is 0 Å². The smallest absolute Gasteiger partial charge is 0.303 e. The molecule has 78 valence electrons. The van der Waals surface area contributed by atoms with Crippen LogP contribution in [0.3, 0.4) is 0 Å². The Labute approximate surface area is 85.5 Å². The lowest BCUT2D eigenvalue weighted by atomic mass is 10.1. The van der Waals surface area contributed by atoms with Crippen molar-refractivity contribution < 1.29 is 14.3 Å². The summed E-state index contributed by atoms with van der Waals surface area (Å²) in [4.78, 5) is 13.3. The van der Waals surface area contributed by atoms with E-state index in [1.807, 2.05) is 0 Å². The van der Waals surface area contributed by atoms with Crippen LogP contribution in [0.2, 0.25) is 0 Å². The van der Waals surface area contributed by atoms with Gasteiger partial charge in [0.25, 0.3) is 0 Å². The van der Waals surface area contributed by atoms with Gasteiger partial charge in [-0.05, 0) is 30.2 Å². The molecule has 1 aromatic heterocycles. The van der Waals surface area contributed by atoms with E-state index in [1.54, 1.807) is 18.3 Å². The Bertz CT molecular complexity index is 504. The highest BCUT2D eigenvalue weighted by molar-refractivity contribution is 5.80. The number of benzene rings is 1. The quantitative estimate of drug-likeness (QED) is 0.811. The molecule has 0 fully saturated rings. The van der Waals surface area contributed by atoms with Gasteiger partial charge in [0, 0.05) is 23.5 Å². The maximum absolute atomic E-state index is 13.4. The zero-order chi connectivity index (χ0) is 10.8. The van der Waals surface area contributed by atoms with Crippen molar-refractivity contribution in [3.63, 3.8) is 0 Å². The summed E-state index contributed by atoms with van der Waals surface area (Å²) in [7, 11) is 0. The molecule has 0 spiro atoms. The number of aromatic amines is 1. The number of hydrogen-bond donors (Lipinski definition) is 2. The lowest BCUT2D eigenvalue weighted by Crippen LogP contribution is -1.99. The number of hydrogen-bond acceptors (Lipinski definition) is 1. The van der Waals surface area contributed by atoms with Gasteiger partial charge in [-0.1, -0.05) is 0 Å². The van der Waals surface area contributed by atoms with Gasteiger partial charge in [0.15, 0.2) is 0 Å². The highest BCUT2D eigenvalue weighted by Crippen LogP contribution is 2.19. The van der Waals surface area contributed by atoms with E-state index < -0.39 is 5.97 Å². The van der Waals surface area contributed by atoms with Gasteiger partial charge in [0.05, 0.1) is 0 Å². The largest absolute Gasteiger partial charge is 0.481 e. The average molecular weight is 207 g/mol. The van der Waals surface area contributed by atoms with Crippen LogP contribution in [-0.4, -0.2) is 16.1 Å². The maximum Gasteiger partial charge on any atom is 0.303 e. The van der Waals surface area contributed by atoms with Gasteiger partial charge in [0.1, 0.15) is 5.82 Å². The maximum atomic E-state index is 13.4. The van der Waals surface area contributed by atoms with Gasteiger partial charge >= 0.3 is 5.97 Å². The van der Waals surface area contributed by atoms with E-state index in [2.05, 4.69) is 4.98 Å². The number of carbonyl (C=O) groups is 1. The number of fused-ring (bicyclic) bond motifs is 1. The third-order valence-electron chi connectivity index (χ3n) is 2.33. The number of H-pyrrole nitrogens is 1. The van der Waals surface area contributed by atoms with E-state index in [0.29, 0.717) is 5.56 Å². The lowest BCUT2D eigenvalue weighted by molar-refractivity contribution is -0.136. The monoisotopic (exact) mass is 207 g/mol. The molecule has 3 nitrogen and oxygen atoms in total. The fourth-order valence-corrected chi connectivity index (χ4v) is 1.55. The number of carboxylic acids is 1. The van der Waals surface area contributed by atoms with Gasteiger partial charge < -0.3 is 10.1 Å². The van der Waals surface area contributed by atoms with Crippen LogP contribution in [0.1, 0.15) is 12.0 Å². The number of nitrogens with one attached hydrogen (secondary N) is 1. The van der Waals surface area contributed by atoms with Crippen LogP contribution < -0.4 is 0 Å². The first-order chi connectivity index (χ1) is 7.16. The first-order valence-corrected chi connectivity index (χ1v) is 4.64. The van der Waals surface area contributed by atoms with E-state index in [9.17, 15) is 9.18 Å². The van der Waals surface area contributed by atoms with Crippen LogP contribution in [0.15, 0.2) is 24.4 Å². The molecule has 0 amide bonds. The number of aryl methyl sites for hydroxylation is 1. The molecule has 1 aromatic carbocycles. The lowest BCUT2D eigenvalue weighted by Gasteiger charge is -2.01. The van der Waals surface area contributed by atoms with Crippen molar-refractivity contribution in [2.24, 2.45) is 0 Å². The second-order valence-corrected chi connectivity index (χ2v) is 3.40. The Morgan fingerprint density at radius 1 is 1.47 bits per heavy atom. The number of carboxylic acid groups (broad SMARTS) is 1. The highest BCUT2D eigenvalue weighted by atomic mass is 19.1. The minimum atomic E-state index is -0.916. The molecule has 0 aliphatic carbocycles. The molecule has 0 radical (unpaired) electrons. The molecule has 2 aromatic rings. The van der Waals surface area contributed by atoms with E-state index in [1.165, 1.54) is 6.07 Å². The van der Waals surface area contributed by atoms with Crippen molar-refractivity contribution in [3.05, 3.63) is 35.8 Å². The molecule has 0 aliphatic heterocycles. The van der Waals surface area contributed by atoms with E-state index in [4.69, 9.17) is 5.11 Å². The molecule has 1 heterocycles. The normalized spacial score (nSPS) is 10.7. The summed E-state index contributed by atoms with van der Waals surface area (Å²) in [6.07, 6.45) is 1.89. The first kappa shape index (κ1) is 9.71. The van der Waals surface area contributed by atoms with Crippen molar-refractivity contribution in [2.75, 3.05) is 0 Å². The number of halogens is 1. The van der Waals surface area contributed by atoms with E-state index in [0.717, 1.165) is 10.9 Å². The molecule has 2 N–H and O–H groups in total. The second-order valence-electron chi connectivity index (χ2n) is 3.40. The van der Waals surface area contributed by atoms with Gasteiger partial charge in [-0.2, -0.15) is 0 Å². The minimum Gasteiger partial charge on any atom is -0.481 e. The number of aliphatic carboxylic acids is 1. The van der Waals surface area contributed by atoms with Crippen molar-refractivity contribution in [3.8, 4) is 0 Å². The van der Waals surface area contributed by atoms with Crippen LogP contribution in [0.5, 0.6) is 0 Å². The van der Waals surface area contributed by atoms with Gasteiger partial charge in [0.2, 0.25) is 0 Å². The fraction of sp³-hybridized carbons (Fsp3) is 0.182. The topological polar surface area (TPSA) is 53.1 Å². The molecule has 15 heavy (non-hydrogen) atoms. The van der Waals surface area contributed by atoms with Gasteiger partial charge in [-0.25, -0.2) is 4.39 Å². The van der Waals surface area contributed by atoms with Gasteiger partial charge in [-0.3, -0.25) is 4.79 Å². The van der Waals surface area contributed by atoms with Crippen LogP contribution in [0, 0.1) is 5.82 Å². The molecule has 0 unspecified atom stereocenters. The molecule has 0 saturated carbocycles. The Balaban J connectivity index is 2.33. The summed E-state index contributed by atoms with van der Waals surface area (Å²) in [5, 5.41) is 9.31. The molecular formula is C11H10FNO2. The fourth-order valence-electron chi connectivity index (χ4n) is 1.55. The Kier molecular flexibility index (Phi) is 2.41. The summed E-state index contributed by atoms with van der Waals surface area (Å²) >= 11 is 0. The van der Waals surface area contributed by atoms with Crippen molar-refractivity contribution in [2.45, 2.75) is 12.8 Å². The molecule has 4 heteroatoms. The predicted molar refractivity (Wildman–Crippen MR) is 54.2 cm³/mol. The Morgan fingerprint density at radius 3 is 3.00 bits per heavy atom. The van der Waals surface area contributed by atoms with Gasteiger partial charge in [-0.15, -0.1) is 0 Å². The van der Waals surface area contributed by atoms with Crippen LogP contribution in [0.25, 0.3) is 10.9 Å². The average Bonchev–Trinajstić information content (AvgIpc) is 2.60. The summed E-state index contributed by atoms with van der Waals surface area (Å²) < 4.78 is 13.4. The second kappa shape index (κ2) is 3.73. The minimum absolute atomic E-state index is 0.0524. The summed E-state index contributed by atoms with van der Waals surface area (Å²) in [5.41, 5.74) is 1.27. The van der Waals surface area contributed by atoms with Crippen LogP contribution in [0.4, 0.5) is 4.39 Å². The summed E-state index contributed by atoms with van der Waals surface area (Å²) in [6, 6.07) is 4.86. The van der Waals surface area contributed by atoms with Crippen molar-refractivity contribution in [1.82, 2.24) is 4.98 Å². The first-order valence-electron chi connectivity index (χ1n) is 4.64. The van der Waals surface area contributed by atoms with Crippen LogP contribution in [-0.2, 0) is 11.2 Å². The van der Waals surface area contributed by atoms with E-state index in [-0.39, 0.29) is 18.7 Å². The van der Waals surface area contributed by atoms with Crippen molar-refractivity contribution in [1.29, 1.82) is 0 Å². The third kappa shape index (κ3) is 1.98. The number of aromatic nitrogens is 1. The zero-order valence-electron chi connectivity index (χ0n) is 7.96. The molecule has 0 aliphatic rings. The van der Waals surface area contributed by atoms with Crippen LogP contribution >= 0.6 is 0 Å². The summed E-state index contributed by atoms with van der Waals surface area (Å²) in [6.45, 7) is 0. The number of rotatable bonds is 3. The molecule has 0 bridgehead atoms. The highest BCUT2D eigenvalue weighted by Gasteiger charge is 2.07. The molecule has 0 saturated heterocycles. The third-order valence-corrected chi connectivity index (χ3v) is 2.33. The molecule has 2 rings (SSSR count). The SMILES string of the molecule is O=C(O)CCc1cc2[nH]ccc2cc1F. The Morgan fingerprint density at radius 2 is 2.27 bits per heavy atom. The molecular weight excluding hydrogens is 197 g/mol. The summed E-state index contributed by atoms with van der Waals surface area (Å²) in [5.74, 6) is -1.26. The van der Waals surface area contributed by atoms with Crippen molar-refractivity contribution >= 4 is 16.9 Å². The molecule has 0 atom stereocenters.